The number of carboxylic acid groups (broad SMARTS) is 1. The van der Waals surface area contributed by atoms with Gasteiger partial charge in [-0.05, 0) is 55.7 Å². The van der Waals surface area contributed by atoms with Crippen molar-refractivity contribution in [3.63, 3.8) is 0 Å². The normalized spacial score (nSPS) is 11.9. The molecule has 0 spiro atoms. The number of aliphatic carboxylic acids is 1. The molecule has 28 heavy (non-hydrogen) atoms. The van der Waals surface area contributed by atoms with Gasteiger partial charge in [-0.25, -0.2) is 4.79 Å². The smallest absolute Gasteiger partial charge is 0.341 e. The molecule has 0 fully saturated rings. The number of benzene rings is 2. The van der Waals surface area contributed by atoms with E-state index < -0.39 is 5.97 Å². The first kappa shape index (κ1) is 19.5. The number of aromatic nitrogens is 1. The van der Waals surface area contributed by atoms with Gasteiger partial charge in [0.05, 0.1) is 6.04 Å². The Hall–Kier alpha value is -3.28. The zero-order chi connectivity index (χ0) is 20.1. The highest BCUT2D eigenvalue weighted by atomic mass is 16.5. The number of carbonyl (C=O) groups is 2. The number of amides is 1. The molecule has 3 aromatic rings. The van der Waals surface area contributed by atoms with Crippen molar-refractivity contribution in [3.05, 3.63) is 65.4 Å². The van der Waals surface area contributed by atoms with E-state index in [4.69, 9.17) is 9.84 Å². The third-order valence-corrected chi connectivity index (χ3v) is 4.66. The molecule has 0 aliphatic heterocycles. The van der Waals surface area contributed by atoms with Gasteiger partial charge in [0.1, 0.15) is 5.75 Å². The highest BCUT2D eigenvalue weighted by Crippen LogP contribution is 2.21. The Morgan fingerprint density at radius 3 is 2.64 bits per heavy atom. The van der Waals surface area contributed by atoms with Gasteiger partial charge in [-0.1, -0.05) is 23.8 Å². The largest absolute Gasteiger partial charge is 0.482 e. The molecule has 0 aliphatic rings. The van der Waals surface area contributed by atoms with Crippen molar-refractivity contribution in [2.45, 2.75) is 32.7 Å². The summed E-state index contributed by atoms with van der Waals surface area (Å²) in [6.45, 7) is 3.60. The lowest BCUT2D eigenvalue weighted by molar-refractivity contribution is -0.139. The molecule has 1 aromatic heterocycles. The van der Waals surface area contributed by atoms with E-state index in [2.05, 4.69) is 35.4 Å². The van der Waals surface area contributed by atoms with Crippen LogP contribution >= 0.6 is 0 Å². The van der Waals surface area contributed by atoms with Crippen LogP contribution < -0.4 is 10.1 Å². The fraction of sp³-hybridized carbons (Fsp3) is 0.273. The molecule has 3 N–H and O–H groups in total. The van der Waals surface area contributed by atoms with Crippen LogP contribution in [0.15, 0.2) is 48.7 Å². The lowest BCUT2D eigenvalue weighted by atomic mass is 10.1. The summed E-state index contributed by atoms with van der Waals surface area (Å²) in [5.41, 5.74) is 4.35. The van der Waals surface area contributed by atoms with Crippen LogP contribution in [-0.2, 0) is 16.0 Å². The van der Waals surface area contributed by atoms with Crippen molar-refractivity contribution in [2.75, 3.05) is 6.61 Å². The Balaban J connectivity index is 1.53. The summed E-state index contributed by atoms with van der Waals surface area (Å²) in [5.74, 6) is -0.546. The number of H-pyrrole nitrogens is 1. The van der Waals surface area contributed by atoms with Crippen molar-refractivity contribution in [1.82, 2.24) is 10.3 Å². The molecule has 3 rings (SSSR count). The van der Waals surface area contributed by atoms with Gasteiger partial charge in [0.25, 0.3) is 0 Å². The van der Waals surface area contributed by atoms with Crippen LogP contribution in [0.2, 0.25) is 0 Å². The number of aromatic amines is 1. The van der Waals surface area contributed by atoms with Gasteiger partial charge in [0, 0.05) is 23.5 Å². The Kier molecular flexibility index (Phi) is 5.99. The molecular weight excluding hydrogens is 356 g/mol. The maximum Gasteiger partial charge on any atom is 0.341 e. The fourth-order valence-electron chi connectivity index (χ4n) is 3.14. The lowest BCUT2D eigenvalue weighted by Crippen LogP contribution is -2.26. The van der Waals surface area contributed by atoms with Crippen LogP contribution in [0.4, 0.5) is 0 Å². The van der Waals surface area contributed by atoms with Crippen LogP contribution in [0.25, 0.3) is 10.9 Å². The second kappa shape index (κ2) is 8.61. The number of ether oxygens (including phenoxy) is 1. The number of hydrogen-bond donors (Lipinski definition) is 3. The van der Waals surface area contributed by atoms with E-state index >= 15 is 0 Å². The minimum Gasteiger partial charge on any atom is -0.482 e. The van der Waals surface area contributed by atoms with Gasteiger partial charge in [0.2, 0.25) is 5.91 Å². The van der Waals surface area contributed by atoms with E-state index in [1.807, 2.05) is 25.3 Å². The molecule has 0 saturated heterocycles. The molecule has 0 saturated carbocycles. The molecule has 0 radical (unpaired) electrons. The molecule has 2 aromatic carbocycles. The third kappa shape index (κ3) is 4.91. The molecule has 1 amide bonds. The quantitative estimate of drug-likeness (QED) is 0.555. The van der Waals surface area contributed by atoms with E-state index in [9.17, 15) is 9.59 Å². The van der Waals surface area contributed by atoms with Crippen LogP contribution in [0.5, 0.6) is 5.75 Å². The molecule has 1 atom stereocenters. The van der Waals surface area contributed by atoms with Gasteiger partial charge in [-0.15, -0.1) is 0 Å². The summed E-state index contributed by atoms with van der Waals surface area (Å²) in [6, 6.07) is 13.2. The van der Waals surface area contributed by atoms with E-state index in [1.165, 1.54) is 5.56 Å². The number of aryl methyl sites for hydroxylation is 2. The van der Waals surface area contributed by atoms with E-state index in [0.29, 0.717) is 18.6 Å². The summed E-state index contributed by atoms with van der Waals surface area (Å²) in [5, 5.41) is 12.8. The van der Waals surface area contributed by atoms with Gasteiger partial charge in [-0.2, -0.15) is 0 Å². The van der Waals surface area contributed by atoms with Crippen molar-refractivity contribution >= 4 is 22.8 Å². The molecule has 0 bridgehead atoms. The fourth-order valence-corrected chi connectivity index (χ4v) is 3.14. The first-order valence-corrected chi connectivity index (χ1v) is 9.23. The molecule has 0 aliphatic carbocycles. The third-order valence-electron chi connectivity index (χ3n) is 4.66. The van der Waals surface area contributed by atoms with E-state index in [0.717, 1.165) is 22.0 Å². The minimum atomic E-state index is -1.02. The topological polar surface area (TPSA) is 91.4 Å². The van der Waals surface area contributed by atoms with Crippen LogP contribution in [0.3, 0.4) is 0 Å². The van der Waals surface area contributed by atoms with E-state index in [-0.39, 0.29) is 18.6 Å². The standard InChI is InChI=1S/C22H24N2O4/c1-14-3-9-20-19(11-14)17(12-23-20)6-10-21(25)24-15(2)16-4-7-18(8-5-16)28-13-22(26)27/h3-5,7-9,11-12,15,23H,6,10,13H2,1-2H3,(H,24,25)(H,26,27). The predicted molar refractivity (Wildman–Crippen MR) is 107 cm³/mol. The monoisotopic (exact) mass is 380 g/mol. The van der Waals surface area contributed by atoms with E-state index in [1.54, 1.807) is 12.1 Å². The number of rotatable bonds is 8. The number of carboxylic acids is 1. The summed E-state index contributed by atoms with van der Waals surface area (Å²) in [7, 11) is 0. The molecule has 1 unspecified atom stereocenters. The van der Waals surface area contributed by atoms with Crippen molar-refractivity contribution in [2.24, 2.45) is 0 Å². The van der Waals surface area contributed by atoms with Gasteiger partial charge in [-0.3, -0.25) is 4.79 Å². The number of hydrogen-bond acceptors (Lipinski definition) is 3. The van der Waals surface area contributed by atoms with Gasteiger partial charge < -0.3 is 20.1 Å². The number of carbonyl (C=O) groups excluding carboxylic acids is 1. The Morgan fingerprint density at radius 2 is 1.93 bits per heavy atom. The van der Waals surface area contributed by atoms with Crippen molar-refractivity contribution in [3.8, 4) is 5.75 Å². The predicted octanol–water partition coefficient (Wildman–Crippen LogP) is 3.75. The summed E-state index contributed by atoms with van der Waals surface area (Å²) in [4.78, 5) is 26.1. The number of nitrogens with one attached hydrogen (secondary N) is 2. The zero-order valence-electron chi connectivity index (χ0n) is 16.0. The SMILES string of the molecule is Cc1ccc2[nH]cc(CCC(=O)NC(C)c3ccc(OCC(=O)O)cc3)c2c1. The average Bonchev–Trinajstić information content (AvgIpc) is 3.07. The second-order valence-electron chi connectivity index (χ2n) is 6.90. The highest BCUT2D eigenvalue weighted by molar-refractivity contribution is 5.85. The molecule has 1 heterocycles. The van der Waals surface area contributed by atoms with Gasteiger partial charge >= 0.3 is 5.97 Å². The Morgan fingerprint density at radius 1 is 1.18 bits per heavy atom. The van der Waals surface area contributed by atoms with Crippen LogP contribution in [0.1, 0.15) is 36.1 Å². The molecule has 146 valence electrons. The first-order chi connectivity index (χ1) is 13.4. The Bertz CT molecular complexity index is 976. The van der Waals surface area contributed by atoms with Crippen molar-refractivity contribution in [1.29, 1.82) is 0 Å². The summed E-state index contributed by atoms with van der Waals surface area (Å²) < 4.78 is 5.12. The van der Waals surface area contributed by atoms with Crippen molar-refractivity contribution < 1.29 is 19.4 Å². The maximum atomic E-state index is 12.4. The molecule has 6 heteroatoms. The van der Waals surface area contributed by atoms with Crippen LogP contribution in [-0.4, -0.2) is 28.6 Å². The Labute approximate surface area is 163 Å². The first-order valence-electron chi connectivity index (χ1n) is 9.23. The summed E-state index contributed by atoms with van der Waals surface area (Å²) in [6.07, 6.45) is 3.05. The van der Waals surface area contributed by atoms with Gasteiger partial charge in [0.15, 0.2) is 6.61 Å². The second-order valence-corrected chi connectivity index (χ2v) is 6.90. The zero-order valence-corrected chi connectivity index (χ0v) is 16.0. The highest BCUT2D eigenvalue weighted by Gasteiger charge is 2.12. The maximum absolute atomic E-state index is 12.4. The average molecular weight is 380 g/mol. The lowest BCUT2D eigenvalue weighted by Gasteiger charge is -2.15. The minimum absolute atomic E-state index is 0.0132. The molecular formula is C22H24N2O4. The summed E-state index contributed by atoms with van der Waals surface area (Å²) >= 11 is 0. The molecule has 6 nitrogen and oxygen atoms in total. The van der Waals surface area contributed by atoms with Crippen LogP contribution in [0, 0.1) is 6.92 Å². The number of fused-ring (bicyclic) bond motifs is 1.